The number of alkyl carbamates (subject to hydrolysis) is 1. The zero-order chi connectivity index (χ0) is 14.0. The number of anilines is 1. The normalized spacial score (nSPS) is 18.2. The average Bonchev–Trinajstić information content (AvgIpc) is 2.27. The highest BCUT2D eigenvalue weighted by Crippen LogP contribution is 2.24. The highest BCUT2D eigenvalue weighted by Gasteiger charge is 2.23. The maximum atomic E-state index is 11.8. The summed E-state index contributed by atoms with van der Waals surface area (Å²) in [6, 6.07) is 6.29. The molecule has 1 atom stereocenters. The Labute approximate surface area is 114 Å². The van der Waals surface area contributed by atoms with Gasteiger partial charge >= 0.3 is 6.09 Å². The largest absolute Gasteiger partial charge is 0.444 e. The summed E-state index contributed by atoms with van der Waals surface area (Å²) < 4.78 is 5.28. The smallest absolute Gasteiger partial charge is 0.407 e. The zero-order valence-electron chi connectivity index (χ0n) is 12.0. The van der Waals surface area contributed by atoms with Gasteiger partial charge in [-0.3, -0.25) is 0 Å². The molecule has 19 heavy (non-hydrogen) atoms. The SMILES string of the molecule is Cc1cccc2c1C[C@@H](NC(=O)OC(C)(C)C)CN2. The van der Waals surface area contributed by atoms with Crippen molar-refractivity contribution in [3.8, 4) is 0 Å². The molecule has 0 saturated heterocycles. The van der Waals surface area contributed by atoms with E-state index in [4.69, 9.17) is 4.74 Å². The van der Waals surface area contributed by atoms with Gasteiger partial charge in [-0.2, -0.15) is 0 Å². The Kier molecular flexibility index (Phi) is 3.69. The minimum atomic E-state index is -0.458. The van der Waals surface area contributed by atoms with Crippen LogP contribution in [0.4, 0.5) is 10.5 Å². The molecule has 0 aliphatic carbocycles. The number of rotatable bonds is 1. The quantitative estimate of drug-likeness (QED) is 0.818. The van der Waals surface area contributed by atoms with Gasteiger partial charge in [0.2, 0.25) is 0 Å². The highest BCUT2D eigenvalue weighted by molar-refractivity contribution is 5.69. The first kappa shape index (κ1) is 13.7. The molecule has 1 aromatic carbocycles. The topological polar surface area (TPSA) is 50.4 Å². The molecule has 4 nitrogen and oxygen atoms in total. The molecule has 0 saturated carbocycles. The molecule has 0 unspecified atom stereocenters. The minimum absolute atomic E-state index is 0.0726. The van der Waals surface area contributed by atoms with E-state index in [-0.39, 0.29) is 12.1 Å². The van der Waals surface area contributed by atoms with Crippen LogP contribution >= 0.6 is 0 Å². The van der Waals surface area contributed by atoms with Gasteiger partial charge in [0.05, 0.1) is 6.04 Å². The number of aryl methyl sites for hydroxylation is 1. The Morgan fingerprint density at radius 1 is 1.42 bits per heavy atom. The number of benzene rings is 1. The molecule has 2 N–H and O–H groups in total. The highest BCUT2D eigenvalue weighted by atomic mass is 16.6. The Morgan fingerprint density at radius 2 is 2.16 bits per heavy atom. The molecule has 4 heteroatoms. The average molecular weight is 262 g/mol. The fraction of sp³-hybridized carbons (Fsp3) is 0.533. The number of hydrogen-bond donors (Lipinski definition) is 2. The summed E-state index contributed by atoms with van der Waals surface area (Å²) in [5, 5.41) is 6.27. The third kappa shape index (κ3) is 3.63. The summed E-state index contributed by atoms with van der Waals surface area (Å²) >= 11 is 0. The van der Waals surface area contributed by atoms with Crippen molar-refractivity contribution in [2.45, 2.75) is 45.8 Å². The van der Waals surface area contributed by atoms with Gasteiger partial charge in [0, 0.05) is 12.2 Å². The van der Waals surface area contributed by atoms with Crippen molar-refractivity contribution in [3.05, 3.63) is 29.3 Å². The predicted octanol–water partition coefficient (Wildman–Crippen LogP) is 2.86. The molecule has 0 radical (unpaired) electrons. The van der Waals surface area contributed by atoms with E-state index in [2.05, 4.69) is 29.7 Å². The van der Waals surface area contributed by atoms with E-state index in [9.17, 15) is 4.79 Å². The summed E-state index contributed by atoms with van der Waals surface area (Å²) in [7, 11) is 0. The van der Waals surface area contributed by atoms with Crippen LogP contribution in [0.15, 0.2) is 18.2 Å². The molecule has 0 spiro atoms. The van der Waals surface area contributed by atoms with Gasteiger partial charge in [-0.15, -0.1) is 0 Å². The molecule has 1 amide bonds. The van der Waals surface area contributed by atoms with Gasteiger partial charge in [0.1, 0.15) is 5.60 Å². The monoisotopic (exact) mass is 262 g/mol. The van der Waals surface area contributed by atoms with E-state index >= 15 is 0 Å². The standard InChI is InChI=1S/C15H22N2O2/c1-10-6-5-7-13-12(10)8-11(9-16-13)17-14(18)19-15(2,3)4/h5-7,11,16H,8-9H2,1-4H3,(H,17,18)/t11-/m1/s1. The molecular formula is C15H22N2O2. The molecule has 104 valence electrons. The van der Waals surface area contributed by atoms with E-state index < -0.39 is 5.60 Å². The van der Waals surface area contributed by atoms with Crippen LogP contribution in [0.3, 0.4) is 0 Å². The van der Waals surface area contributed by atoms with Crippen LogP contribution in [0.2, 0.25) is 0 Å². The van der Waals surface area contributed by atoms with Crippen LogP contribution in [0.5, 0.6) is 0 Å². The van der Waals surface area contributed by atoms with Crippen molar-refractivity contribution < 1.29 is 9.53 Å². The molecule has 0 fully saturated rings. The lowest BCUT2D eigenvalue weighted by atomic mass is 9.95. The first-order valence-corrected chi connectivity index (χ1v) is 6.67. The summed E-state index contributed by atoms with van der Waals surface area (Å²) in [4.78, 5) is 11.8. The second kappa shape index (κ2) is 5.11. The molecule has 1 aromatic rings. The maximum absolute atomic E-state index is 11.8. The van der Waals surface area contributed by atoms with Crippen LogP contribution in [-0.4, -0.2) is 24.3 Å². The van der Waals surface area contributed by atoms with Crippen molar-refractivity contribution in [2.75, 3.05) is 11.9 Å². The van der Waals surface area contributed by atoms with Crippen molar-refractivity contribution >= 4 is 11.8 Å². The van der Waals surface area contributed by atoms with Gasteiger partial charge in [-0.05, 0) is 51.3 Å². The summed E-state index contributed by atoms with van der Waals surface area (Å²) in [6.45, 7) is 8.42. The molecule has 0 aromatic heterocycles. The predicted molar refractivity (Wildman–Crippen MR) is 76.5 cm³/mol. The van der Waals surface area contributed by atoms with Gasteiger partial charge in [-0.25, -0.2) is 4.79 Å². The molecule has 1 heterocycles. The van der Waals surface area contributed by atoms with Gasteiger partial charge in [-0.1, -0.05) is 12.1 Å². The molecule has 1 aliphatic heterocycles. The van der Waals surface area contributed by atoms with Crippen LogP contribution < -0.4 is 10.6 Å². The number of ether oxygens (including phenoxy) is 1. The lowest BCUT2D eigenvalue weighted by Gasteiger charge is -2.29. The first-order valence-electron chi connectivity index (χ1n) is 6.67. The maximum Gasteiger partial charge on any atom is 0.407 e. The fourth-order valence-electron chi connectivity index (χ4n) is 2.27. The van der Waals surface area contributed by atoms with Crippen LogP contribution in [0, 0.1) is 6.92 Å². The van der Waals surface area contributed by atoms with E-state index in [1.807, 2.05) is 26.8 Å². The number of amides is 1. The van der Waals surface area contributed by atoms with E-state index in [1.165, 1.54) is 16.8 Å². The summed E-state index contributed by atoms with van der Waals surface area (Å²) in [6.07, 6.45) is 0.491. The van der Waals surface area contributed by atoms with Crippen molar-refractivity contribution in [2.24, 2.45) is 0 Å². The molecule has 2 rings (SSSR count). The lowest BCUT2D eigenvalue weighted by molar-refractivity contribution is 0.0506. The number of fused-ring (bicyclic) bond motifs is 1. The van der Waals surface area contributed by atoms with Crippen molar-refractivity contribution in [1.82, 2.24) is 5.32 Å². The fourth-order valence-corrected chi connectivity index (χ4v) is 2.27. The number of carbonyl (C=O) groups excluding carboxylic acids is 1. The minimum Gasteiger partial charge on any atom is -0.444 e. The summed E-state index contributed by atoms with van der Waals surface area (Å²) in [5.41, 5.74) is 3.23. The van der Waals surface area contributed by atoms with Gasteiger partial charge in [0.25, 0.3) is 0 Å². The zero-order valence-corrected chi connectivity index (χ0v) is 12.0. The Morgan fingerprint density at radius 3 is 2.84 bits per heavy atom. The van der Waals surface area contributed by atoms with Gasteiger partial charge in [0.15, 0.2) is 0 Å². The van der Waals surface area contributed by atoms with Crippen LogP contribution in [-0.2, 0) is 11.2 Å². The third-order valence-corrected chi connectivity index (χ3v) is 3.12. The lowest BCUT2D eigenvalue weighted by Crippen LogP contribution is -2.45. The summed E-state index contributed by atoms with van der Waals surface area (Å²) in [5.74, 6) is 0. The van der Waals surface area contributed by atoms with E-state index in [1.54, 1.807) is 0 Å². The molecular weight excluding hydrogens is 240 g/mol. The number of carbonyl (C=O) groups is 1. The number of hydrogen-bond acceptors (Lipinski definition) is 3. The third-order valence-electron chi connectivity index (χ3n) is 3.12. The van der Waals surface area contributed by atoms with E-state index in [0.29, 0.717) is 0 Å². The van der Waals surface area contributed by atoms with Gasteiger partial charge < -0.3 is 15.4 Å². The number of nitrogens with one attached hydrogen (secondary N) is 2. The van der Waals surface area contributed by atoms with Crippen LogP contribution in [0.25, 0.3) is 0 Å². The Balaban J connectivity index is 1.99. The molecule has 1 aliphatic rings. The van der Waals surface area contributed by atoms with Crippen LogP contribution in [0.1, 0.15) is 31.9 Å². The Bertz CT molecular complexity index is 478. The second-order valence-electron chi connectivity index (χ2n) is 6.03. The van der Waals surface area contributed by atoms with Crippen molar-refractivity contribution in [1.29, 1.82) is 0 Å². The molecule has 0 bridgehead atoms. The first-order chi connectivity index (χ1) is 8.85. The second-order valence-corrected chi connectivity index (χ2v) is 6.03. The van der Waals surface area contributed by atoms with E-state index in [0.717, 1.165) is 13.0 Å². The Hall–Kier alpha value is -1.71. The van der Waals surface area contributed by atoms with Crippen molar-refractivity contribution in [3.63, 3.8) is 0 Å².